The summed E-state index contributed by atoms with van der Waals surface area (Å²) < 4.78 is 1.78. The second-order valence-corrected chi connectivity index (χ2v) is 9.72. The van der Waals surface area contributed by atoms with E-state index in [0.29, 0.717) is 23.0 Å². The van der Waals surface area contributed by atoms with Crippen LogP contribution < -0.4 is 5.32 Å². The number of carboxylic acids is 1. The van der Waals surface area contributed by atoms with E-state index in [0.717, 1.165) is 42.1 Å². The molecule has 0 saturated heterocycles. The van der Waals surface area contributed by atoms with Gasteiger partial charge in [0, 0.05) is 40.8 Å². The fraction of sp³-hybridized carbons (Fsp3) is 0.435. The maximum Gasteiger partial charge on any atom is 0.303 e. The van der Waals surface area contributed by atoms with Gasteiger partial charge in [-0.25, -0.2) is 9.97 Å². The average Bonchev–Trinajstić information content (AvgIpc) is 3.07. The molecule has 0 radical (unpaired) electrons. The van der Waals surface area contributed by atoms with E-state index in [1.165, 1.54) is 0 Å². The lowest BCUT2D eigenvalue weighted by Crippen LogP contribution is -2.56. The number of aliphatic carboxylic acids is 1. The van der Waals surface area contributed by atoms with Crippen LogP contribution in [0.1, 0.15) is 53.8 Å². The van der Waals surface area contributed by atoms with Crippen LogP contribution in [0.5, 0.6) is 0 Å². The number of nitrogens with zero attached hydrogens (tertiary/aromatic N) is 4. The number of hydrogen-bond donors (Lipinski definition) is 2. The van der Waals surface area contributed by atoms with Crippen LogP contribution in [0.4, 0.5) is 0 Å². The number of fused-ring (bicyclic) bond motifs is 1. The van der Waals surface area contributed by atoms with Crippen LogP contribution >= 0.6 is 11.6 Å². The summed E-state index contributed by atoms with van der Waals surface area (Å²) in [5.41, 5.74) is 2.33. The molecule has 2 saturated carbocycles. The molecule has 2 N–H and O–H groups in total. The van der Waals surface area contributed by atoms with Gasteiger partial charge in [-0.15, -0.1) is 0 Å². The van der Waals surface area contributed by atoms with Crippen LogP contribution in [-0.2, 0) is 11.3 Å². The molecule has 32 heavy (non-hydrogen) atoms. The zero-order valence-corrected chi connectivity index (χ0v) is 18.5. The Labute approximate surface area is 190 Å². The van der Waals surface area contributed by atoms with E-state index in [2.05, 4.69) is 20.4 Å². The van der Waals surface area contributed by atoms with Crippen molar-refractivity contribution in [3.8, 4) is 0 Å². The van der Waals surface area contributed by atoms with E-state index in [1.54, 1.807) is 35.4 Å². The van der Waals surface area contributed by atoms with E-state index in [4.69, 9.17) is 16.7 Å². The lowest BCUT2D eigenvalue weighted by molar-refractivity contribution is -0.142. The normalized spacial score (nSPS) is 24.2. The summed E-state index contributed by atoms with van der Waals surface area (Å²) >= 11 is 6.29. The van der Waals surface area contributed by atoms with Crippen LogP contribution in [0.2, 0.25) is 5.02 Å². The van der Waals surface area contributed by atoms with Crippen molar-refractivity contribution in [3.05, 3.63) is 52.7 Å². The Morgan fingerprint density at radius 3 is 2.59 bits per heavy atom. The number of amides is 1. The van der Waals surface area contributed by atoms with E-state index >= 15 is 0 Å². The summed E-state index contributed by atoms with van der Waals surface area (Å²) in [6.07, 6.45) is 9.16. The van der Waals surface area contributed by atoms with Gasteiger partial charge < -0.3 is 10.4 Å². The number of hydrogen-bond acceptors (Lipinski definition) is 5. The molecule has 2 aliphatic rings. The van der Waals surface area contributed by atoms with Crippen molar-refractivity contribution in [1.82, 2.24) is 25.1 Å². The molecule has 9 heteroatoms. The predicted octanol–water partition coefficient (Wildman–Crippen LogP) is 3.60. The van der Waals surface area contributed by atoms with E-state index in [9.17, 15) is 9.59 Å². The SMILES string of the molecule is Cc1ncc(Cn2ncc3cc(Cl)cc(C(=O)NC4CC5(CC(CC(=O)O)C5)C4)c32)cn1. The molecule has 1 spiro atoms. The average molecular weight is 454 g/mol. The molecular weight excluding hydrogens is 430 g/mol. The van der Waals surface area contributed by atoms with E-state index in [-0.39, 0.29) is 29.7 Å². The molecule has 8 nitrogen and oxygen atoms in total. The topological polar surface area (TPSA) is 110 Å². The van der Waals surface area contributed by atoms with Gasteiger partial charge in [-0.1, -0.05) is 11.6 Å². The smallest absolute Gasteiger partial charge is 0.303 e. The number of carbonyl (C=O) groups excluding carboxylic acids is 1. The highest BCUT2D eigenvalue weighted by atomic mass is 35.5. The molecular formula is C23H24ClN5O3. The number of carbonyl (C=O) groups is 2. The third kappa shape index (κ3) is 3.95. The van der Waals surface area contributed by atoms with Crippen molar-refractivity contribution < 1.29 is 14.7 Å². The summed E-state index contributed by atoms with van der Waals surface area (Å²) in [4.78, 5) is 32.5. The van der Waals surface area contributed by atoms with Gasteiger partial charge >= 0.3 is 5.97 Å². The minimum absolute atomic E-state index is 0.101. The van der Waals surface area contributed by atoms with Crippen LogP contribution in [0.15, 0.2) is 30.7 Å². The molecule has 166 valence electrons. The summed E-state index contributed by atoms with van der Waals surface area (Å²) in [7, 11) is 0. The molecule has 0 atom stereocenters. The monoisotopic (exact) mass is 453 g/mol. The van der Waals surface area contributed by atoms with Gasteiger partial charge in [0.15, 0.2) is 0 Å². The molecule has 2 aromatic heterocycles. The van der Waals surface area contributed by atoms with Crippen molar-refractivity contribution in [2.45, 2.75) is 51.6 Å². The van der Waals surface area contributed by atoms with Crippen LogP contribution in [-0.4, -0.2) is 42.8 Å². The number of rotatable bonds is 6. The Morgan fingerprint density at radius 1 is 1.19 bits per heavy atom. The third-order valence-electron chi connectivity index (χ3n) is 6.71. The second-order valence-electron chi connectivity index (χ2n) is 9.28. The maximum absolute atomic E-state index is 13.2. The Bertz CT molecular complexity index is 1190. The quantitative estimate of drug-likeness (QED) is 0.590. The van der Waals surface area contributed by atoms with Crippen molar-refractivity contribution in [2.24, 2.45) is 11.3 Å². The van der Waals surface area contributed by atoms with Crippen LogP contribution in [0.3, 0.4) is 0 Å². The Balaban J connectivity index is 1.30. The van der Waals surface area contributed by atoms with Gasteiger partial charge in [-0.2, -0.15) is 5.10 Å². The minimum atomic E-state index is -0.729. The minimum Gasteiger partial charge on any atom is -0.481 e. The van der Waals surface area contributed by atoms with Crippen molar-refractivity contribution in [2.75, 3.05) is 0 Å². The summed E-state index contributed by atoms with van der Waals surface area (Å²) in [6, 6.07) is 3.59. The van der Waals surface area contributed by atoms with Gasteiger partial charge in [-0.3, -0.25) is 14.3 Å². The lowest BCUT2D eigenvalue weighted by Gasteiger charge is -2.57. The Kier molecular flexibility index (Phi) is 5.12. The fourth-order valence-corrected chi connectivity index (χ4v) is 5.63. The van der Waals surface area contributed by atoms with Crippen molar-refractivity contribution >= 4 is 34.4 Å². The number of nitrogens with one attached hydrogen (secondary N) is 1. The van der Waals surface area contributed by atoms with Gasteiger partial charge in [-0.05, 0) is 56.1 Å². The molecule has 0 aliphatic heterocycles. The largest absolute Gasteiger partial charge is 0.481 e. The van der Waals surface area contributed by atoms with Crippen molar-refractivity contribution in [3.63, 3.8) is 0 Å². The van der Waals surface area contributed by atoms with Gasteiger partial charge in [0.05, 0.1) is 23.8 Å². The first-order valence-electron chi connectivity index (χ1n) is 10.8. The number of aromatic nitrogens is 4. The fourth-order valence-electron chi connectivity index (χ4n) is 5.40. The first-order valence-corrected chi connectivity index (χ1v) is 11.1. The standard InChI is InChI=1S/C23H24ClN5O3/c1-13-25-9-15(10-26-13)12-29-21-16(11-27-29)3-17(24)4-19(21)22(32)28-18-7-23(8-18)5-14(6-23)2-20(30)31/h3-4,9-11,14,18H,2,5-8,12H2,1H3,(H,28,32)(H,30,31). The number of carboxylic acid groups (broad SMARTS) is 1. The molecule has 2 aliphatic carbocycles. The van der Waals surface area contributed by atoms with Crippen LogP contribution in [0, 0.1) is 18.3 Å². The highest BCUT2D eigenvalue weighted by Crippen LogP contribution is 2.59. The van der Waals surface area contributed by atoms with Crippen LogP contribution in [0.25, 0.3) is 10.9 Å². The summed E-state index contributed by atoms with van der Waals surface area (Å²) in [5, 5.41) is 17.8. The van der Waals surface area contributed by atoms with Gasteiger partial charge in [0.2, 0.25) is 0 Å². The predicted molar refractivity (Wildman–Crippen MR) is 119 cm³/mol. The molecule has 0 bridgehead atoms. The third-order valence-corrected chi connectivity index (χ3v) is 6.93. The first kappa shape index (κ1) is 20.9. The van der Waals surface area contributed by atoms with E-state index in [1.807, 2.05) is 6.92 Å². The molecule has 1 amide bonds. The lowest BCUT2D eigenvalue weighted by atomic mass is 9.49. The number of benzene rings is 1. The molecule has 1 aromatic carbocycles. The highest BCUT2D eigenvalue weighted by molar-refractivity contribution is 6.32. The van der Waals surface area contributed by atoms with E-state index < -0.39 is 5.97 Å². The Hall–Kier alpha value is -3.00. The molecule has 3 aromatic rings. The summed E-state index contributed by atoms with van der Waals surface area (Å²) in [5.74, 6) is 0.0789. The maximum atomic E-state index is 13.2. The highest BCUT2D eigenvalue weighted by Gasteiger charge is 2.53. The molecule has 5 rings (SSSR count). The summed E-state index contributed by atoms with van der Waals surface area (Å²) in [6.45, 7) is 2.28. The second kappa shape index (κ2) is 7.85. The number of aryl methyl sites for hydroxylation is 1. The first-order chi connectivity index (χ1) is 15.3. The Morgan fingerprint density at radius 2 is 1.91 bits per heavy atom. The van der Waals surface area contributed by atoms with Crippen molar-refractivity contribution in [1.29, 1.82) is 0 Å². The number of halogens is 1. The zero-order chi connectivity index (χ0) is 22.5. The van der Waals surface area contributed by atoms with Gasteiger partial charge in [0.1, 0.15) is 5.82 Å². The molecule has 2 fully saturated rings. The molecule has 0 unspecified atom stereocenters. The zero-order valence-electron chi connectivity index (χ0n) is 17.7. The van der Waals surface area contributed by atoms with Gasteiger partial charge in [0.25, 0.3) is 5.91 Å². The molecule has 2 heterocycles.